The molecule has 2 N–H and O–H groups in total. The van der Waals surface area contributed by atoms with Crippen LogP contribution in [0.5, 0.6) is 0 Å². The Morgan fingerprint density at radius 3 is 2.25 bits per heavy atom. The minimum Gasteiger partial charge on any atom is -0.397 e. The van der Waals surface area contributed by atoms with Gasteiger partial charge < -0.3 is 10.6 Å². The second kappa shape index (κ2) is 4.00. The number of hydrogen-bond donors (Lipinski definition) is 1. The number of rotatable bonds is 1. The van der Waals surface area contributed by atoms with Crippen LogP contribution < -0.4 is 10.6 Å². The van der Waals surface area contributed by atoms with Gasteiger partial charge in [0.05, 0.1) is 11.4 Å². The standard InChI is InChI=1S/C14H20N2/c15-13-7-3-4-8-14(13)16-9-11-5-1-2-6-12(11)10-16/h3-4,7-8,11-12H,1-2,5-6,9-10,15H2. The molecule has 2 nitrogen and oxygen atoms in total. The molecule has 1 heterocycles. The smallest absolute Gasteiger partial charge is 0.0600 e. The highest BCUT2D eigenvalue weighted by molar-refractivity contribution is 5.67. The van der Waals surface area contributed by atoms with Gasteiger partial charge in [-0.05, 0) is 36.8 Å². The van der Waals surface area contributed by atoms with Crippen LogP contribution in [0, 0.1) is 11.8 Å². The van der Waals surface area contributed by atoms with Gasteiger partial charge in [-0.25, -0.2) is 0 Å². The van der Waals surface area contributed by atoms with Crippen molar-refractivity contribution >= 4 is 11.4 Å². The fourth-order valence-electron chi connectivity index (χ4n) is 3.38. The fourth-order valence-corrected chi connectivity index (χ4v) is 3.38. The van der Waals surface area contributed by atoms with Crippen LogP contribution in [0.3, 0.4) is 0 Å². The summed E-state index contributed by atoms with van der Waals surface area (Å²) in [6.45, 7) is 2.44. The molecule has 1 aliphatic carbocycles. The van der Waals surface area contributed by atoms with Gasteiger partial charge in [-0.2, -0.15) is 0 Å². The van der Waals surface area contributed by atoms with Gasteiger partial charge in [-0.3, -0.25) is 0 Å². The Balaban J connectivity index is 1.80. The maximum absolute atomic E-state index is 6.05. The summed E-state index contributed by atoms with van der Waals surface area (Å²) in [6, 6.07) is 8.28. The van der Waals surface area contributed by atoms with Crippen LogP contribution in [0.4, 0.5) is 11.4 Å². The molecule has 1 saturated carbocycles. The lowest BCUT2D eigenvalue weighted by molar-refractivity contribution is 0.299. The van der Waals surface area contributed by atoms with Crippen LogP contribution in [0.2, 0.25) is 0 Å². The van der Waals surface area contributed by atoms with E-state index in [0.29, 0.717) is 0 Å². The summed E-state index contributed by atoms with van der Waals surface area (Å²) in [6.07, 6.45) is 5.71. The Morgan fingerprint density at radius 2 is 1.62 bits per heavy atom. The van der Waals surface area contributed by atoms with Crippen molar-refractivity contribution in [3.8, 4) is 0 Å². The molecule has 1 aliphatic heterocycles. The SMILES string of the molecule is Nc1ccccc1N1CC2CCCCC2C1. The summed E-state index contributed by atoms with van der Waals surface area (Å²) in [5.41, 5.74) is 8.23. The van der Waals surface area contributed by atoms with Gasteiger partial charge in [0.1, 0.15) is 0 Å². The van der Waals surface area contributed by atoms with Crippen molar-refractivity contribution in [3.63, 3.8) is 0 Å². The van der Waals surface area contributed by atoms with Crippen LogP contribution in [-0.2, 0) is 0 Å². The van der Waals surface area contributed by atoms with E-state index in [9.17, 15) is 0 Å². The van der Waals surface area contributed by atoms with E-state index in [4.69, 9.17) is 5.73 Å². The Bertz CT molecular complexity index is 361. The second-order valence-electron chi connectivity index (χ2n) is 5.27. The minimum atomic E-state index is 0.924. The number of nitrogens with two attached hydrogens (primary N) is 1. The first-order valence-corrected chi connectivity index (χ1v) is 6.44. The first-order valence-electron chi connectivity index (χ1n) is 6.44. The summed E-state index contributed by atoms with van der Waals surface area (Å²) < 4.78 is 0. The summed E-state index contributed by atoms with van der Waals surface area (Å²) >= 11 is 0. The third kappa shape index (κ3) is 1.66. The van der Waals surface area contributed by atoms with Crippen molar-refractivity contribution in [1.82, 2.24) is 0 Å². The predicted molar refractivity (Wildman–Crippen MR) is 68.5 cm³/mol. The first kappa shape index (κ1) is 10.0. The van der Waals surface area contributed by atoms with Crippen molar-refractivity contribution in [1.29, 1.82) is 0 Å². The Morgan fingerprint density at radius 1 is 1.00 bits per heavy atom. The highest BCUT2D eigenvalue weighted by Gasteiger charge is 2.34. The Labute approximate surface area is 97.4 Å². The monoisotopic (exact) mass is 216 g/mol. The third-order valence-corrected chi connectivity index (χ3v) is 4.25. The number of nitrogens with zero attached hydrogens (tertiary/aromatic N) is 1. The highest BCUT2D eigenvalue weighted by Crippen LogP contribution is 2.39. The largest absolute Gasteiger partial charge is 0.397 e. The van der Waals surface area contributed by atoms with Gasteiger partial charge in [0, 0.05) is 13.1 Å². The average Bonchev–Trinajstić information content (AvgIpc) is 2.73. The molecule has 2 heteroatoms. The molecular weight excluding hydrogens is 196 g/mol. The quantitative estimate of drug-likeness (QED) is 0.731. The number of nitrogen functional groups attached to an aromatic ring is 1. The Hall–Kier alpha value is -1.18. The third-order valence-electron chi connectivity index (χ3n) is 4.25. The van der Waals surface area contributed by atoms with Gasteiger partial charge in [0.15, 0.2) is 0 Å². The molecule has 0 aromatic heterocycles. The number of benzene rings is 1. The van der Waals surface area contributed by atoms with Crippen molar-refractivity contribution in [2.45, 2.75) is 25.7 Å². The van der Waals surface area contributed by atoms with E-state index in [2.05, 4.69) is 17.0 Å². The van der Waals surface area contributed by atoms with Crippen molar-refractivity contribution in [2.24, 2.45) is 11.8 Å². The molecule has 16 heavy (non-hydrogen) atoms. The lowest BCUT2D eigenvalue weighted by atomic mass is 9.82. The maximum Gasteiger partial charge on any atom is 0.0600 e. The Kier molecular flexibility index (Phi) is 2.50. The number of hydrogen-bond acceptors (Lipinski definition) is 2. The van der Waals surface area contributed by atoms with Crippen LogP contribution in [0.15, 0.2) is 24.3 Å². The molecule has 1 aromatic carbocycles. The van der Waals surface area contributed by atoms with Gasteiger partial charge >= 0.3 is 0 Å². The highest BCUT2D eigenvalue weighted by atomic mass is 15.2. The van der Waals surface area contributed by atoms with Gasteiger partial charge in [-0.15, -0.1) is 0 Å². The molecule has 2 unspecified atom stereocenters. The molecular formula is C14H20N2. The summed E-state index contributed by atoms with van der Waals surface area (Å²) in [7, 11) is 0. The van der Waals surface area contributed by atoms with E-state index in [0.717, 1.165) is 17.5 Å². The fraction of sp³-hybridized carbons (Fsp3) is 0.571. The van der Waals surface area contributed by atoms with E-state index in [1.807, 2.05) is 12.1 Å². The zero-order valence-electron chi connectivity index (χ0n) is 9.73. The zero-order chi connectivity index (χ0) is 11.0. The lowest BCUT2D eigenvalue weighted by Crippen LogP contribution is -2.20. The van der Waals surface area contributed by atoms with E-state index >= 15 is 0 Å². The molecule has 1 saturated heterocycles. The van der Waals surface area contributed by atoms with Crippen molar-refractivity contribution < 1.29 is 0 Å². The lowest BCUT2D eigenvalue weighted by Gasteiger charge is -2.22. The minimum absolute atomic E-state index is 0.924. The first-order chi connectivity index (χ1) is 7.84. The zero-order valence-corrected chi connectivity index (χ0v) is 9.73. The van der Waals surface area contributed by atoms with Crippen LogP contribution >= 0.6 is 0 Å². The second-order valence-corrected chi connectivity index (χ2v) is 5.27. The van der Waals surface area contributed by atoms with Crippen LogP contribution in [-0.4, -0.2) is 13.1 Å². The van der Waals surface area contributed by atoms with E-state index in [1.165, 1.54) is 44.5 Å². The summed E-state index contributed by atoms with van der Waals surface area (Å²) in [4.78, 5) is 2.50. The number of anilines is 2. The molecule has 2 fully saturated rings. The molecule has 0 radical (unpaired) electrons. The molecule has 0 bridgehead atoms. The normalized spacial score (nSPS) is 29.1. The van der Waals surface area contributed by atoms with Crippen molar-refractivity contribution in [3.05, 3.63) is 24.3 Å². The van der Waals surface area contributed by atoms with Gasteiger partial charge in [0.25, 0.3) is 0 Å². The molecule has 0 spiro atoms. The topological polar surface area (TPSA) is 29.3 Å². The van der Waals surface area contributed by atoms with E-state index in [-0.39, 0.29) is 0 Å². The predicted octanol–water partition coefficient (Wildman–Crippen LogP) is 2.90. The molecule has 2 atom stereocenters. The van der Waals surface area contributed by atoms with Gasteiger partial charge in [-0.1, -0.05) is 25.0 Å². The molecule has 2 aliphatic rings. The summed E-state index contributed by atoms with van der Waals surface area (Å²) in [5, 5.41) is 0. The maximum atomic E-state index is 6.05. The van der Waals surface area contributed by atoms with E-state index < -0.39 is 0 Å². The number of para-hydroxylation sites is 2. The van der Waals surface area contributed by atoms with E-state index in [1.54, 1.807) is 0 Å². The molecule has 0 amide bonds. The van der Waals surface area contributed by atoms with Crippen LogP contribution in [0.25, 0.3) is 0 Å². The van der Waals surface area contributed by atoms with Crippen molar-refractivity contribution in [2.75, 3.05) is 23.7 Å². The molecule has 3 rings (SSSR count). The summed E-state index contributed by atoms with van der Waals surface area (Å²) in [5.74, 6) is 1.85. The average molecular weight is 216 g/mol. The molecule has 1 aromatic rings. The molecule has 86 valence electrons. The van der Waals surface area contributed by atoms with Crippen LogP contribution in [0.1, 0.15) is 25.7 Å². The van der Waals surface area contributed by atoms with Gasteiger partial charge in [0.2, 0.25) is 0 Å². The number of fused-ring (bicyclic) bond motifs is 1.